The Morgan fingerprint density at radius 1 is 1.29 bits per heavy atom. The molecule has 2 rings (SSSR count). The van der Waals surface area contributed by atoms with Crippen molar-refractivity contribution in [3.63, 3.8) is 0 Å². The molecule has 0 heterocycles. The number of esters is 1. The number of nitro groups is 1. The van der Waals surface area contributed by atoms with Crippen molar-refractivity contribution in [1.29, 1.82) is 0 Å². The molecule has 24 heavy (non-hydrogen) atoms. The molecule has 0 radical (unpaired) electrons. The number of carbonyl (C=O) groups excluding carboxylic acids is 1. The highest BCUT2D eigenvalue weighted by atomic mass is 16.6. The summed E-state index contributed by atoms with van der Waals surface area (Å²) in [7, 11) is 1.18. The van der Waals surface area contributed by atoms with Gasteiger partial charge in [-0.1, -0.05) is 0 Å². The van der Waals surface area contributed by atoms with Crippen LogP contribution in [0.3, 0.4) is 0 Å². The number of carboxylic acid groups (broad SMARTS) is 1. The number of anilines is 1. The zero-order valence-corrected chi connectivity index (χ0v) is 13.6. The van der Waals surface area contributed by atoms with Crippen LogP contribution in [0.4, 0.5) is 11.4 Å². The summed E-state index contributed by atoms with van der Waals surface area (Å²) in [5.74, 6) is -1.84. The lowest BCUT2D eigenvalue weighted by atomic mass is 9.86. The lowest BCUT2D eigenvalue weighted by Crippen LogP contribution is -2.29. The van der Waals surface area contributed by atoms with Gasteiger partial charge in [-0.25, -0.2) is 4.79 Å². The molecule has 1 aromatic carbocycles. The number of carbonyl (C=O) groups is 2. The average molecular weight is 336 g/mol. The average Bonchev–Trinajstić information content (AvgIpc) is 2.53. The summed E-state index contributed by atoms with van der Waals surface area (Å²) in [5.41, 5.74) is 0.605. The molecule has 0 bridgehead atoms. The minimum absolute atomic E-state index is 0.0759. The highest BCUT2D eigenvalue weighted by molar-refractivity contribution is 5.95. The third-order valence-electron chi connectivity index (χ3n) is 4.34. The van der Waals surface area contributed by atoms with Gasteiger partial charge in [0.25, 0.3) is 5.69 Å². The fourth-order valence-electron chi connectivity index (χ4n) is 3.09. The first-order chi connectivity index (χ1) is 11.3. The van der Waals surface area contributed by atoms with E-state index < -0.39 is 16.9 Å². The van der Waals surface area contributed by atoms with E-state index in [1.807, 2.05) is 0 Å². The van der Waals surface area contributed by atoms with E-state index in [0.717, 1.165) is 0 Å². The maximum absolute atomic E-state index is 11.8. The molecule has 0 unspecified atom stereocenters. The molecule has 1 aliphatic carbocycles. The predicted molar refractivity (Wildman–Crippen MR) is 86.2 cm³/mol. The zero-order valence-electron chi connectivity index (χ0n) is 13.6. The van der Waals surface area contributed by atoms with E-state index in [4.69, 9.17) is 5.11 Å². The van der Waals surface area contributed by atoms with Gasteiger partial charge in [0.15, 0.2) is 0 Å². The molecule has 130 valence electrons. The Hall–Kier alpha value is -2.64. The SMILES string of the molecule is COC(=O)c1cc(NC2CCC(C(=O)O)CC2)cc(C)c1[N+](=O)[O-]. The van der Waals surface area contributed by atoms with Crippen molar-refractivity contribution in [2.45, 2.75) is 38.6 Å². The lowest BCUT2D eigenvalue weighted by molar-refractivity contribution is -0.385. The van der Waals surface area contributed by atoms with Crippen LogP contribution in [0.1, 0.15) is 41.6 Å². The van der Waals surface area contributed by atoms with Gasteiger partial charge in [0.05, 0.1) is 18.0 Å². The van der Waals surface area contributed by atoms with Gasteiger partial charge in [-0.05, 0) is 44.7 Å². The Labute approximate surface area is 139 Å². The Bertz CT molecular complexity index is 665. The number of hydrogen-bond acceptors (Lipinski definition) is 6. The summed E-state index contributed by atoms with van der Waals surface area (Å²) in [4.78, 5) is 33.4. The van der Waals surface area contributed by atoms with E-state index in [1.54, 1.807) is 13.0 Å². The molecule has 1 saturated carbocycles. The molecule has 1 aliphatic rings. The van der Waals surface area contributed by atoms with Gasteiger partial charge >= 0.3 is 11.9 Å². The van der Waals surface area contributed by atoms with Crippen LogP contribution in [-0.2, 0) is 9.53 Å². The van der Waals surface area contributed by atoms with Crippen molar-refractivity contribution in [3.8, 4) is 0 Å². The second kappa shape index (κ2) is 7.29. The van der Waals surface area contributed by atoms with Crippen LogP contribution < -0.4 is 5.32 Å². The molecular weight excluding hydrogens is 316 g/mol. The molecule has 0 spiro atoms. The van der Waals surface area contributed by atoms with Gasteiger partial charge in [-0.15, -0.1) is 0 Å². The second-order valence-corrected chi connectivity index (χ2v) is 5.97. The predicted octanol–water partition coefficient (Wildman–Crippen LogP) is 2.75. The van der Waals surface area contributed by atoms with Crippen LogP contribution in [0.5, 0.6) is 0 Å². The van der Waals surface area contributed by atoms with Crippen LogP contribution >= 0.6 is 0 Å². The largest absolute Gasteiger partial charge is 0.481 e. The normalized spacial score (nSPS) is 20.2. The summed E-state index contributed by atoms with van der Waals surface area (Å²) < 4.78 is 4.63. The summed E-state index contributed by atoms with van der Waals surface area (Å²) in [6.07, 6.45) is 2.56. The Morgan fingerprint density at radius 3 is 2.42 bits per heavy atom. The first-order valence-electron chi connectivity index (χ1n) is 7.70. The number of hydrogen-bond donors (Lipinski definition) is 2. The number of aliphatic carboxylic acids is 1. The number of nitro benzene ring substituents is 1. The van der Waals surface area contributed by atoms with E-state index in [-0.39, 0.29) is 23.2 Å². The van der Waals surface area contributed by atoms with E-state index in [0.29, 0.717) is 36.9 Å². The number of nitrogens with zero attached hydrogens (tertiary/aromatic N) is 1. The number of benzene rings is 1. The number of aryl methyl sites for hydroxylation is 1. The Balaban J connectivity index is 2.20. The molecule has 0 saturated heterocycles. The molecule has 8 heteroatoms. The maximum Gasteiger partial charge on any atom is 0.344 e. The van der Waals surface area contributed by atoms with Crippen LogP contribution in [0.15, 0.2) is 12.1 Å². The smallest absolute Gasteiger partial charge is 0.344 e. The molecule has 0 atom stereocenters. The molecule has 2 N–H and O–H groups in total. The number of methoxy groups -OCH3 is 1. The molecule has 1 aromatic rings. The van der Waals surface area contributed by atoms with E-state index in [9.17, 15) is 19.7 Å². The Morgan fingerprint density at radius 2 is 1.92 bits per heavy atom. The first kappa shape index (κ1) is 17.7. The van der Waals surface area contributed by atoms with Crippen molar-refractivity contribution >= 4 is 23.3 Å². The first-order valence-corrected chi connectivity index (χ1v) is 7.70. The van der Waals surface area contributed by atoms with E-state index in [1.165, 1.54) is 13.2 Å². The summed E-state index contributed by atoms with van der Waals surface area (Å²) in [6.45, 7) is 1.57. The molecule has 1 fully saturated rings. The maximum atomic E-state index is 11.8. The van der Waals surface area contributed by atoms with Crippen molar-refractivity contribution in [2.24, 2.45) is 5.92 Å². The monoisotopic (exact) mass is 336 g/mol. The molecule has 0 amide bonds. The standard InChI is InChI=1S/C16H20N2O6/c1-9-7-12(8-13(16(21)24-2)14(9)18(22)23)17-11-5-3-10(4-6-11)15(19)20/h7-8,10-11,17H,3-6H2,1-2H3,(H,19,20). The fourth-order valence-corrected chi connectivity index (χ4v) is 3.09. The van der Waals surface area contributed by atoms with Crippen molar-refractivity contribution in [3.05, 3.63) is 33.4 Å². The van der Waals surface area contributed by atoms with E-state index in [2.05, 4.69) is 10.1 Å². The second-order valence-electron chi connectivity index (χ2n) is 5.97. The van der Waals surface area contributed by atoms with Crippen molar-refractivity contribution < 1.29 is 24.4 Å². The number of carboxylic acids is 1. The molecule has 8 nitrogen and oxygen atoms in total. The third-order valence-corrected chi connectivity index (χ3v) is 4.34. The van der Waals surface area contributed by atoms with E-state index >= 15 is 0 Å². The van der Waals surface area contributed by atoms with Gasteiger partial charge < -0.3 is 15.2 Å². The minimum atomic E-state index is -0.771. The number of ether oxygens (including phenoxy) is 1. The van der Waals surface area contributed by atoms with Gasteiger partial charge in [-0.3, -0.25) is 14.9 Å². The van der Waals surface area contributed by atoms with Crippen LogP contribution in [0.25, 0.3) is 0 Å². The molecule has 0 aromatic heterocycles. The number of nitrogens with one attached hydrogen (secondary N) is 1. The summed E-state index contributed by atoms with van der Waals surface area (Å²) in [6, 6.07) is 3.11. The van der Waals surface area contributed by atoms with Crippen LogP contribution in [0, 0.1) is 23.0 Å². The van der Waals surface area contributed by atoms with Crippen molar-refractivity contribution in [2.75, 3.05) is 12.4 Å². The quantitative estimate of drug-likeness (QED) is 0.482. The van der Waals surface area contributed by atoms with Gasteiger partial charge in [0.1, 0.15) is 5.56 Å². The van der Waals surface area contributed by atoms with Crippen LogP contribution in [0.2, 0.25) is 0 Å². The van der Waals surface area contributed by atoms with Crippen LogP contribution in [-0.4, -0.2) is 35.1 Å². The summed E-state index contributed by atoms with van der Waals surface area (Å²) in [5, 5.41) is 23.5. The Kier molecular flexibility index (Phi) is 5.38. The summed E-state index contributed by atoms with van der Waals surface area (Å²) >= 11 is 0. The highest BCUT2D eigenvalue weighted by Gasteiger charge is 2.28. The molecular formula is C16H20N2O6. The highest BCUT2D eigenvalue weighted by Crippen LogP contribution is 2.31. The van der Waals surface area contributed by atoms with Crippen molar-refractivity contribution in [1.82, 2.24) is 0 Å². The topological polar surface area (TPSA) is 119 Å². The fraction of sp³-hybridized carbons (Fsp3) is 0.500. The van der Waals surface area contributed by atoms with Gasteiger partial charge in [0.2, 0.25) is 0 Å². The molecule has 0 aliphatic heterocycles. The minimum Gasteiger partial charge on any atom is -0.481 e. The number of rotatable bonds is 5. The van der Waals surface area contributed by atoms with Gasteiger partial charge in [-0.2, -0.15) is 0 Å². The van der Waals surface area contributed by atoms with Gasteiger partial charge in [0, 0.05) is 17.3 Å². The third kappa shape index (κ3) is 3.81. The zero-order chi connectivity index (χ0) is 17.9. The lowest BCUT2D eigenvalue weighted by Gasteiger charge is -2.27.